The first-order valence-corrected chi connectivity index (χ1v) is 7.74. The zero-order valence-electron chi connectivity index (χ0n) is 11.5. The van der Waals surface area contributed by atoms with Gasteiger partial charge in [0.15, 0.2) is 0 Å². The van der Waals surface area contributed by atoms with Gasteiger partial charge in [0.25, 0.3) is 0 Å². The van der Waals surface area contributed by atoms with E-state index >= 15 is 0 Å². The Balaban J connectivity index is 3.07. The van der Waals surface area contributed by atoms with Gasteiger partial charge in [0, 0.05) is 30.0 Å². The molecule has 1 aromatic rings. The molecule has 112 valence electrons. The highest BCUT2D eigenvalue weighted by Crippen LogP contribution is 2.10. The fourth-order valence-corrected chi connectivity index (χ4v) is 2.31. The number of rotatable bonds is 6. The molecule has 0 spiro atoms. The molecular weight excluding hydrogens is 286 g/mol. The lowest BCUT2D eigenvalue weighted by molar-refractivity contribution is -0.136. The van der Waals surface area contributed by atoms with E-state index in [0.717, 1.165) is 6.26 Å². The summed E-state index contributed by atoms with van der Waals surface area (Å²) in [5.74, 6) is -1.02. The normalized spacial score (nSPS) is 11.6. The summed E-state index contributed by atoms with van der Waals surface area (Å²) >= 11 is 0. The average Bonchev–Trinajstić information content (AvgIpc) is 2.27. The van der Waals surface area contributed by atoms with E-state index in [1.165, 1.54) is 4.57 Å². The van der Waals surface area contributed by atoms with Crippen molar-refractivity contribution < 1.29 is 18.3 Å². The summed E-state index contributed by atoms with van der Waals surface area (Å²) in [7, 11) is -3.34. The van der Waals surface area contributed by atoms with Crippen molar-refractivity contribution in [2.75, 3.05) is 12.8 Å². The van der Waals surface area contributed by atoms with Crippen LogP contribution in [0.4, 0.5) is 0 Å². The molecule has 0 unspecified atom stereocenters. The highest BCUT2D eigenvalue weighted by molar-refractivity contribution is 7.88. The van der Waals surface area contributed by atoms with Crippen LogP contribution in [0.2, 0.25) is 0 Å². The van der Waals surface area contributed by atoms with Crippen molar-refractivity contribution in [3.8, 4) is 0 Å². The maximum Gasteiger partial charge on any atom is 0.348 e. The van der Waals surface area contributed by atoms with E-state index in [2.05, 4.69) is 9.71 Å². The van der Waals surface area contributed by atoms with Gasteiger partial charge in [0.1, 0.15) is 0 Å². The molecule has 8 nitrogen and oxygen atoms in total. The first-order chi connectivity index (χ1) is 9.11. The van der Waals surface area contributed by atoms with Crippen LogP contribution in [-0.4, -0.2) is 41.8 Å². The van der Waals surface area contributed by atoms with Crippen molar-refractivity contribution in [3.63, 3.8) is 0 Å². The minimum absolute atomic E-state index is 0.0385. The predicted octanol–water partition coefficient (Wildman–Crippen LogP) is -0.964. The Bertz CT molecular complexity index is 678. The number of nitrogens with one attached hydrogen (secondary N) is 1. The van der Waals surface area contributed by atoms with E-state index in [1.54, 1.807) is 13.8 Å². The van der Waals surface area contributed by atoms with E-state index in [0.29, 0.717) is 17.0 Å². The molecule has 0 fully saturated rings. The number of carbonyl (C=O) groups is 1. The maximum absolute atomic E-state index is 11.8. The van der Waals surface area contributed by atoms with Gasteiger partial charge < -0.3 is 5.11 Å². The summed E-state index contributed by atoms with van der Waals surface area (Å²) in [5, 5.41) is 8.85. The standard InChI is InChI=1S/C11H17N3O5S/c1-7-9(6-10(15)16)8(2)14(11(17)13-7)5-4-12-20(3,18)19/h12H,4-6H2,1-3H3,(H,15,16). The lowest BCUT2D eigenvalue weighted by atomic mass is 10.1. The van der Waals surface area contributed by atoms with Gasteiger partial charge >= 0.3 is 11.7 Å². The van der Waals surface area contributed by atoms with Crippen LogP contribution in [0, 0.1) is 13.8 Å². The Morgan fingerprint density at radius 1 is 1.40 bits per heavy atom. The van der Waals surface area contributed by atoms with Gasteiger partial charge in [-0.05, 0) is 13.8 Å². The molecule has 0 atom stereocenters. The number of aliphatic carboxylic acids is 1. The summed E-state index contributed by atoms with van der Waals surface area (Å²) in [6, 6.07) is 0. The number of nitrogens with zero attached hydrogens (tertiary/aromatic N) is 2. The molecule has 1 rings (SSSR count). The topological polar surface area (TPSA) is 118 Å². The van der Waals surface area contributed by atoms with Crippen molar-refractivity contribution in [2.45, 2.75) is 26.8 Å². The lowest BCUT2D eigenvalue weighted by Gasteiger charge is -2.14. The Morgan fingerprint density at radius 3 is 2.50 bits per heavy atom. The Morgan fingerprint density at radius 2 is 2.00 bits per heavy atom. The third-order valence-electron chi connectivity index (χ3n) is 2.80. The minimum Gasteiger partial charge on any atom is -0.481 e. The molecule has 0 saturated heterocycles. The zero-order chi connectivity index (χ0) is 15.5. The number of hydrogen-bond acceptors (Lipinski definition) is 5. The quantitative estimate of drug-likeness (QED) is 0.698. The highest BCUT2D eigenvalue weighted by atomic mass is 32.2. The average molecular weight is 303 g/mol. The second-order valence-corrected chi connectivity index (χ2v) is 6.27. The summed E-state index contributed by atoms with van der Waals surface area (Å²) in [6.45, 7) is 3.33. The van der Waals surface area contributed by atoms with E-state index < -0.39 is 21.7 Å². The third-order valence-corrected chi connectivity index (χ3v) is 3.53. The van der Waals surface area contributed by atoms with Gasteiger partial charge in [-0.3, -0.25) is 9.36 Å². The molecule has 0 aliphatic rings. The van der Waals surface area contributed by atoms with Crippen molar-refractivity contribution in [1.29, 1.82) is 0 Å². The van der Waals surface area contributed by atoms with Crippen LogP contribution in [0.3, 0.4) is 0 Å². The Hall–Kier alpha value is -1.74. The Kier molecular flexibility index (Phi) is 5.01. The molecule has 9 heteroatoms. The van der Waals surface area contributed by atoms with Gasteiger partial charge in [-0.1, -0.05) is 0 Å². The molecule has 1 heterocycles. The second-order valence-electron chi connectivity index (χ2n) is 4.43. The molecule has 0 aliphatic heterocycles. The van der Waals surface area contributed by atoms with Crippen molar-refractivity contribution in [1.82, 2.24) is 14.3 Å². The van der Waals surface area contributed by atoms with Gasteiger partial charge in [-0.2, -0.15) is 4.98 Å². The smallest absolute Gasteiger partial charge is 0.348 e. The van der Waals surface area contributed by atoms with Crippen molar-refractivity contribution in [2.24, 2.45) is 0 Å². The van der Waals surface area contributed by atoms with E-state index in [1.807, 2.05) is 0 Å². The molecule has 0 radical (unpaired) electrons. The molecule has 20 heavy (non-hydrogen) atoms. The maximum atomic E-state index is 11.8. The number of hydrogen-bond donors (Lipinski definition) is 2. The fraction of sp³-hybridized carbons (Fsp3) is 0.545. The SMILES string of the molecule is Cc1nc(=O)n(CCNS(C)(=O)=O)c(C)c1CC(=O)O. The summed E-state index contributed by atoms with van der Waals surface area (Å²) in [4.78, 5) is 26.4. The number of sulfonamides is 1. The van der Waals surface area contributed by atoms with Crippen LogP contribution in [0.1, 0.15) is 17.0 Å². The molecule has 0 aliphatic carbocycles. The van der Waals surface area contributed by atoms with E-state index in [-0.39, 0.29) is 19.5 Å². The number of aromatic nitrogens is 2. The lowest BCUT2D eigenvalue weighted by Crippen LogP contribution is -2.33. The molecule has 0 saturated carbocycles. The van der Waals surface area contributed by atoms with E-state index in [9.17, 15) is 18.0 Å². The van der Waals surface area contributed by atoms with Gasteiger partial charge in [0.05, 0.1) is 12.7 Å². The van der Waals surface area contributed by atoms with Gasteiger partial charge in [-0.15, -0.1) is 0 Å². The highest BCUT2D eigenvalue weighted by Gasteiger charge is 2.14. The zero-order valence-corrected chi connectivity index (χ0v) is 12.3. The summed E-state index contributed by atoms with van der Waals surface area (Å²) < 4.78 is 25.5. The Labute approximate surface area is 116 Å². The third kappa shape index (κ3) is 4.42. The predicted molar refractivity (Wildman–Crippen MR) is 72.2 cm³/mol. The van der Waals surface area contributed by atoms with Crippen LogP contribution >= 0.6 is 0 Å². The van der Waals surface area contributed by atoms with Crippen LogP contribution in [0.25, 0.3) is 0 Å². The molecule has 1 aromatic heterocycles. The second kappa shape index (κ2) is 6.14. The molecule has 0 amide bonds. The molecule has 0 bridgehead atoms. The van der Waals surface area contributed by atoms with Crippen molar-refractivity contribution >= 4 is 16.0 Å². The van der Waals surface area contributed by atoms with Crippen LogP contribution < -0.4 is 10.4 Å². The molecule has 2 N–H and O–H groups in total. The fourth-order valence-electron chi connectivity index (χ4n) is 1.85. The first kappa shape index (κ1) is 16.3. The van der Waals surface area contributed by atoms with Crippen LogP contribution in [0.15, 0.2) is 4.79 Å². The summed E-state index contributed by atoms with van der Waals surface area (Å²) in [5.41, 5.74) is 0.809. The van der Waals surface area contributed by atoms with Crippen LogP contribution in [-0.2, 0) is 27.8 Å². The monoisotopic (exact) mass is 303 g/mol. The minimum atomic E-state index is -3.34. The largest absolute Gasteiger partial charge is 0.481 e. The number of carboxylic acids is 1. The first-order valence-electron chi connectivity index (χ1n) is 5.85. The molecule has 0 aromatic carbocycles. The number of carboxylic acid groups (broad SMARTS) is 1. The number of aryl methyl sites for hydroxylation is 1. The molecular formula is C11H17N3O5S. The van der Waals surface area contributed by atoms with Gasteiger partial charge in [0.2, 0.25) is 10.0 Å². The van der Waals surface area contributed by atoms with Gasteiger partial charge in [-0.25, -0.2) is 17.9 Å². The summed E-state index contributed by atoms with van der Waals surface area (Å²) in [6.07, 6.45) is 0.788. The van der Waals surface area contributed by atoms with Crippen molar-refractivity contribution in [3.05, 3.63) is 27.4 Å². The van der Waals surface area contributed by atoms with Crippen LogP contribution in [0.5, 0.6) is 0 Å². The van der Waals surface area contributed by atoms with E-state index in [4.69, 9.17) is 5.11 Å².